The topological polar surface area (TPSA) is 55.4 Å². The third-order valence-corrected chi connectivity index (χ3v) is 3.71. The highest BCUT2D eigenvalue weighted by Crippen LogP contribution is 2.11. The van der Waals surface area contributed by atoms with Crippen molar-refractivity contribution in [1.29, 1.82) is 0 Å². The maximum Gasteiger partial charge on any atom is 0.214 e. The molecule has 0 atom stereocenters. The second-order valence-electron chi connectivity index (χ2n) is 4.66. The fraction of sp³-hybridized carbons (Fsp3) is 1.00. The molecule has 0 unspecified atom stereocenters. The maximum absolute atomic E-state index is 11.7. The molecule has 0 amide bonds. The summed E-state index contributed by atoms with van der Waals surface area (Å²) in [5, 5.41) is 0. The average Bonchev–Trinajstić information content (AvgIpc) is 1.99. The standard InChI is InChI=1S/C10H22ClNO3S/c1-9(2)15-7-8-16(13,14)12-10(3,4)5-6-11/h9,12H,5-8H2,1-4H3. The Morgan fingerprint density at radius 1 is 1.38 bits per heavy atom. The van der Waals surface area contributed by atoms with Gasteiger partial charge >= 0.3 is 0 Å². The molecule has 0 rings (SSSR count). The van der Waals surface area contributed by atoms with Crippen LogP contribution < -0.4 is 4.72 Å². The van der Waals surface area contributed by atoms with Crippen molar-refractivity contribution in [1.82, 2.24) is 4.72 Å². The van der Waals surface area contributed by atoms with E-state index in [2.05, 4.69) is 4.72 Å². The van der Waals surface area contributed by atoms with Crippen LogP contribution >= 0.6 is 11.6 Å². The molecule has 0 aromatic carbocycles. The van der Waals surface area contributed by atoms with Crippen molar-refractivity contribution in [3.63, 3.8) is 0 Å². The van der Waals surface area contributed by atoms with Crippen LogP contribution in [0.15, 0.2) is 0 Å². The van der Waals surface area contributed by atoms with Crippen LogP contribution in [0.3, 0.4) is 0 Å². The minimum Gasteiger partial charge on any atom is -0.378 e. The minimum absolute atomic E-state index is 0.0170. The van der Waals surface area contributed by atoms with Crippen molar-refractivity contribution < 1.29 is 13.2 Å². The van der Waals surface area contributed by atoms with Crippen LogP contribution in [0.1, 0.15) is 34.1 Å². The summed E-state index contributed by atoms with van der Waals surface area (Å²) in [6.45, 7) is 7.59. The molecule has 0 heterocycles. The number of hydrogen-bond donors (Lipinski definition) is 1. The molecule has 0 aliphatic carbocycles. The van der Waals surface area contributed by atoms with E-state index in [9.17, 15) is 8.42 Å². The highest BCUT2D eigenvalue weighted by molar-refractivity contribution is 7.89. The summed E-state index contributed by atoms with van der Waals surface area (Å²) in [5.74, 6) is 0.412. The first-order chi connectivity index (χ1) is 7.18. The van der Waals surface area contributed by atoms with E-state index in [1.165, 1.54) is 0 Å². The Labute approximate surface area is 104 Å². The van der Waals surface area contributed by atoms with E-state index in [0.717, 1.165) is 0 Å². The molecule has 0 bridgehead atoms. The molecule has 1 N–H and O–H groups in total. The predicted octanol–water partition coefficient (Wildman–Crippen LogP) is 1.74. The molecular weight excluding hydrogens is 250 g/mol. The Hall–Kier alpha value is 0.160. The van der Waals surface area contributed by atoms with Gasteiger partial charge in [0.05, 0.1) is 18.5 Å². The summed E-state index contributed by atoms with van der Waals surface area (Å²) >= 11 is 5.60. The number of nitrogens with one attached hydrogen (secondary N) is 1. The van der Waals surface area contributed by atoms with Crippen LogP contribution in [0.2, 0.25) is 0 Å². The molecule has 0 fully saturated rings. The Morgan fingerprint density at radius 2 is 1.94 bits per heavy atom. The molecule has 98 valence electrons. The fourth-order valence-electron chi connectivity index (χ4n) is 1.15. The average molecular weight is 272 g/mol. The number of halogens is 1. The second-order valence-corrected chi connectivity index (χ2v) is 6.88. The zero-order valence-corrected chi connectivity index (χ0v) is 12.0. The van der Waals surface area contributed by atoms with Gasteiger partial charge in [0, 0.05) is 11.4 Å². The lowest BCUT2D eigenvalue weighted by Crippen LogP contribution is -2.45. The first-order valence-electron chi connectivity index (χ1n) is 5.38. The zero-order valence-electron chi connectivity index (χ0n) is 10.4. The Kier molecular flexibility index (Phi) is 6.86. The van der Waals surface area contributed by atoms with Crippen LogP contribution in [0, 0.1) is 0 Å². The van der Waals surface area contributed by atoms with Gasteiger partial charge in [0.1, 0.15) is 0 Å². The number of rotatable bonds is 8. The predicted molar refractivity (Wildman–Crippen MR) is 67.4 cm³/mol. The Balaban J connectivity index is 4.14. The van der Waals surface area contributed by atoms with Crippen LogP contribution in [0.5, 0.6) is 0 Å². The van der Waals surface area contributed by atoms with Gasteiger partial charge in [-0.25, -0.2) is 13.1 Å². The lowest BCUT2D eigenvalue weighted by Gasteiger charge is -2.25. The van der Waals surface area contributed by atoms with Crippen LogP contribution in [-0.4, -0.2) is 38.3 Å². The summed E-state index contributed by atoms with van der Waals surface area (Å²) in [5.41, 5.74) is -0.502. The zero-order chi connectivity index (χ0) is 12.8. The van der Waals surface area contributed by atoms with Crippen molar-refractivity contribution in [2.24, 2.45) is 0 Å². The first kappa shape index (κ1) is 16.2. The molecule has 0 saturated carbocycles. The van der Waals surface area contributed by atoms with Gasteiger partial charge in [-0.3, -0.25) is 0 Å². The highest BCUT2D eigenvalue weighted by Gasteiger charge is 2.23. The molecule has 0 aliphatic heterocycles. The highest BCUT2D eigenvalue weighted by atomic mass is 35.5. The monoisotopic (exact) mass is 271 g/mol. The molecule has 0 saturated heterocycles. The number of ether oxygens (including phenoxy) is 1. The largest absolute Gasteiger partial charge is 0.378 e. The SMILES string of the molecule is CC(C)OCCS(=O)(=O)NC(C)(C)CCCl. The van der Waals surface area contributed by atoms with Crippen molar-refractivity contribution in [3.05, 3.63) is 0 Å². The van der Waals surface area contributed by atoms with Gasteiger partial charge in [-0.1, -0.05) is 0 Å². The van der Waals surface area contributed by atoms with E-state index in [1.54, 1.807) is 0 Å². The van der Waals surface area contributed by atoms with Crippen molar-refractivity contribution in [2.75, 3.05) is 18.2 Å². The summed E-state index contributed by atoms with van der Waals surface area (Å²) in [6, 6.07) is 0. The normalized spacial score (nSPS) is 13.4. The number of hydrogen-bond acceptors (Lipinski definition) is 3. The van der Waals surface area contributed by atoms with E-state index in [1.807, 2.05) is 27.7 Å². The van der Waals surface area contributed by atoms with Crippen LogP contribution in [-0.2, 0) is 14.8 Å². The minimum atomic E-state index is -3.29. The molecule has 0 aliphatic rings. The molecule has 0 spiro atoms. The van der Waals surface area contributed by atoms with Gasteiger partial charge in [-0.15, -0.1) is 11.6 Å². The summed E-state index contributed by atoms with van der Waals surface area (Å²) in [6.07, 6.45) is 0.643. The summed E-state index contributed by atoms with van der Waals surface area (Å²) in [4.78, 5) is 0. The fourth-order valence-corrected chi connectivity index (χ4v) is 2.99. The van der Waals surface area contributed by atoms with E-state index >= 15 is 0 Å². The maximum atomic E-state index is 11.7. The van der Waals surface area contributed by atoms with E-state index in [4.69, 9.17) is 16.3 Å². The second kappa shape index (κ2) is 6.79. The molecule has 6 heteroatoms. The van der Waals surface area contributed by atoms with E-state index < -0.39 is 15.6 Å². The van der Waals surface area contributed by atoms with Gasteiger partial charge in [-0.05, 0) is 34.1 Å². The molecule has 16 heavy (non-hydrogen) atoms. The lowest BCUT2D eigenvalue weighted by molar-refractivity contribution is 0.0910. The Morgan fingerprint density at radius 3 is 2.38 bits per heavy atom. The molecule has 4 nitrogen and oxygen atoms in total. The molecule has 0 aromatic heterocycles. The van der Waals surface area contributed by atoms with Crippen molar-refractivity contribution in [2.45, 2.75) is 45.8 Å². The smallest absolute Gasteiger partial charge is 0.214 e. The third-order valence-electron chi connectivity index (χ3n) is 1.95. The lowest BCUT2D eigenvalue weighted by atomic mass is 10.0. The molecule has 0 aromatic rings. The molecule has 0 radical (unpaired) electrons. The summed E-state index contributed by atoms with van der Waals surface area (Å²) in [7, 11) is -3.29. The van der Waals surface area contributed by atoms with Crippen LogP contribution in [0.25, 0.3) is 0 Å². The van der Waals surface area contributed by atoms with Crippen molar-refractivity contribution in [3.8, 4) is 0 Å². The van der Waals surface area contributed by atoms with Crippen LogP contribution in [0.4, 0.5) is 0 Å². The Bertz CT molecular complexity index is 288. The van der Waals surface area contributed by atoms with Gasteiger partial charge < -0.3 is 4.74 Å². The summed E-state index contributed by atoms with van der Waals surface area (Å²) < 4.78 is 31.2. The van der Waals surface area contributed by atoms with Gasteiger partial charge in [0.15, 0.2) is 0 Å². The number of alkyl halides is 1. The first-order valence-corrected chi connectivity index (χ1v) is 7.56. The third kappa shape index (κ3) is 8.33. The van der Waals surface area contributed by atoms with Crippen molar-refractivity contribution >= 4 is 21.6 Å². The van der Waals surface area contributed by atoms with Gasteiger partial charge in [0.25, 0.3) is 0 Å². The quantitative estimate of drug-likeness (QED) is 0.684. The van der Waals surface area contributed by atoms with Gasteiger partial charge in [-0.2, -0.15) is 0 Å². The van der Waals surface area contributed by atoms with E-state index in [0.29, 0.717) is 12.3 Å². The number of sulfonamides is 1. The van der Waals surface area contributed by atoms with E-state index in [-0.39, 0.29) is 18.5 Å². The van der Waals surface area contributed by atoms with Gasteiger partial charge in [0.2, 0.25) is 10.0 Å². The molecular formula is C10H22ClNO3S.